The van der Waals surface area contributed by atoms with Crippen molar-refractivity contribution >= 4 is 11.8 Å². The van der Waals surface area contributed by atoms with Gasteiger partial charge < -0.3 is 18.9 Å². The molecule has 1 aromatic carbocycles. The van der Waals surface area contributed by atoms with Crippen molar-refractivity contribution in [1.82, 2.24) is 0 Å². The van der Waals surface area contributed by atoms with Gasteiger partial charge in [0.25, 0.3) is 0 Å². The van der Waals surface area contributed by atoms with E-state index in [1.807, 2.05) is 18.2 Å². The second-order valence-corrected chi connectivity index (χ2v) is 6.37. The Hall–Kier alpha value is -1.92. The molecular formula is C20H28O6. The lowest BCUT2D eigenvalue weighted by atomic mass is 10.1. The van der Waals surface area contributed by atoms with Gasteiger partial charge in [-0.2, -0.15) is 0 Å². The summed E-state index contributed by atoms with van der Waals surface area (Å²) in [7, 11) is 0. The maximum absolute atomic E-state index is 11.3. The molecule has 0 N–H and O–H groups in total. The summed E-state index contributed by atoms with van der Waals surface area (Å²) in [6, 6.07) is 7.84. The van der Waals surface area contributed by atoms with E-state index >= 15 is 0 Å². The number of benzene rings is 1. The van der Waals surface area contributed by atoms with Gasteiger partial charge in [-0.15, -0.1) is 0 Å². The zero-order chi connectivity index (χ0) is 18.6. The van der Waals surface area contributed by atoms with Crippen LogP contribution in [0.5, 0.6) is 5.75 Å². The molecule has 1 heterocycles. The SMILES string of the molecule is CC(=O)CC(=O)OCCOc1cccc(CCCOC2CCCCO2)c1. The van der Waals surface area contributed by atoms with Crippen molar-refractivity contribution in [2.75, 3.05) is 26.4 Å². The molecule has 0 spiro atoms. The van der Waals surface area contributed by atoms with E-state index in [2.05, 4.69) is 6.07 Å². The zero-order valence-corrected chi connectivity index (χ0v) is 15.4. The van der Waals surface area contributed by atoms with Crippen LogP contribution in [0.15, 0.2) is 24.3 Å². The fourth-order valence-electron chi connectivity index (χ4n) is 2.69. The highest BCUT2D eigenvalue weighted by Crippen LogP contribution is 2.16. The van der Waals surface area contributed by atoms with Gasteiger partial charge in [0.1, 0.15) is 31.2 Å². The molecule has 144 valence electrons. The Morgan fingerprint density at radius 1 is 1.19 bits per heavy atom. The molecule has 2 rings (SSSR count). The van der Waals surface area contributed by atoms with Crippen LogP contribution in [-0.4, -0.2) is 44.5 Å². The molecule has 1 atom stereocenters. The van der Waals surface area contributed by atoms with Gasteiger partial charge in [-0.05, 0) is 56.7 Å². The van der Waals surface area contributed by atoms with Gasteiger partial charge in [-0.25, -0.2) is 0 Å². The minimum Gasteiger partial charge on any atom is -0.490 e. The quantitative estimate of drug-likeness (QED) is 0.341. The monoisotopic (exact) mass is 364 g/mol. The van der Waals surface area contributed by atoms with Gasteiger partial charge in [0.15, 0.2) is 6.29 Å². The van der Waals surface area contributed by atoms with Crippen LogP contribution in [0.3, 0.4) is 0 Å². The number of carbonyl (C=O) groups is 2. The smallest absolute Gasteiger partial charge is 0.313 e. The van der Waals surface area contributed by atoms with E-state index in [-0.39, 0.29) is 31.7 Å². The predicted octanol–water partition coefficient (Wildman–Crippen LogP) is 3.06. The van der Waals surface area contributed by atoms with Crippen LogP contribution in [0, 0.1) is 0 Å². The molecule has 1 aliphatic rings. The average molecular weight is 364 g/mol. The number of ether oxygens (including phenoxy) is 4. The van der Waals surface area contributed by atoms with E-state index in [1.54, 1.807) is 0 Å². The Morgan fingerprint density at radius 3 is 2.85 bits per heavy atom. The van der Waals surface area contributed by atoms with Crippen molar-refractivity contribution < 1.29 is 28.5 Å². The van der Waals surface area contributed by atoms with Crippen molar-refractivity contribution in [2.24, 2.45) is 0 Å². The highest BCUT2D eigenvalue weighted by Gasteiger charge is 2.13. The van der Waals surface area contributed by atoms with Crippen LogP contribution in [-0.2, 0) is 30.2 Å². The molecule has 6 nitrogen and oxygen atoms in total. The fourth-order valence-corrected chi connectivity index (χ4v) is 2.69. The lowest BCUT2D eigenvalue weighted by Gasteiger charge is -2.22. The topological polar surface area (TPSA) is 71.1 Å². The molecule has 0 aromatic heterocycles. The Bertz CT molecular complexity index is 565. The van der Waals surface area contributed by atoms with Crippen molar-refractivity contribution in [3.8, 4) is 5.75 Å². The molecule has 0 amide bonds. The van der Waals surface area contributed by atoms with E-state index in [4.69, 9.17) is 18.9 Å². The number of ketones is 1. The Labute approximate surface area is 154 Å². The van der Waals surface area contributed by atoms with E-state index in [0.717, 1.165) is 38.0 Å². The summed E-state index contributed by atoms with van der Waals surface area (Å²) < 4.78 is 21.8. The number of hydrogen-bond acceptors (Lipinski definition) is 6. The van der Waals surface area contributed by atoms with E-state index in [9.17, 15) is 9.59 Å². The van der Waals surface area contributed by atoms with E-state index < -0.39 is 5.97 Å². The second kappa shape index (κ2) is 11.6. The zero-order valence-electron chi connectivity index (χ0n) is 15.4. The third-order valence-corrected chi connectivity index (χ3v) is 3.96. The van der Waals surface area contributed by atoms with Gasteiger partial charge in [0.05, 0.1) is 6.61 Å². The van der Waals surface area contributed by atoms with Crippen LogP contribution in [0.2, 0.25) is 0 Å². The first-order valence-corrected chi connectivity index (χ1v) is 9.23. The standard InChI is InChI=1S/C20H28O6/c1-16(21)14-19(22)24-13-12-23-18-8-4-6-17(15-18)7-5-11-26-20-9-2-3-10-25-20/h4,6,8,15,20H,2-3,5,7,9-14H2,1H3. The minimum atomic E-state index is -0.517. The normalized spacial score (nSPS) is 16.9. The van der Waals surface area contributed by atoms with Crippen molar-refractivity contribution in [3.63, 3.8) is 0 Å². The number of aryl methyl sites for hydroxylation is 1. The Balaban J connectivity index is 1.60. The van der Waals surface area contributed by atoms with Crippen LogP contribution in [0.1, 0.15) is 44.6 Å². The largest absolute Gasteiger partial charge is 0.490 e. The molecule has 1 fully saturated rings. The third-order valence-electron chi connectivity index (χ3n) is 3.96. The first kappa shape index (κ1) is 20.4. The predicted molar refractivity (Wildman–Crippen MR) is 96.1 cm³/mol. The molecule has 6 heteroatoms. The first-order valence-electron chi connectivity index (χ1n) is 9.23. The molecule has 0 aliphatic carbocycles. The summed E-state index contributed by atoms with van der Waals surface area (Å²) >= 11 is 0. The lowest BCUT2D eigenvalue weighted by molar-refractivity contribution is -0.162. The fraction of sp³-hybridized carbons (Fsp3) is 0.600. The highest BCUT2D eigenvalue weighted by atomic mass is 16.7. The van der Waals surface area contributed by atoms with E-state index in [0.29, 0.717) is 6.61 Å². The minimum absolute atomic E-state index is 0.0378. The van der Waals surface area contributed by atoms with Crippen LogP contribution >= 0.6 is 0 Å². The third kappa shape index (κ3) is 8.45. The average Bonchev–Trinajstić information content (AvgIpc) is 2.63. The molecule has 1 aliphatic heterocycles. The second-order valence-electron chi connectivity index (χ2n) is 6.37. The molecule has 1 unspecified atom stereocenters. The molecule has 26 heavy (non-hydrogen) atoms. The Morgan fingerprint density at radius 2 is 2.08 bits per heavy atom. The van der Waals surface area contributed by atoms with Gasteiger partial charge in [0, 0.05) is 6.61 Å². The summed E-state index contributed by atoms with van der Waals surface area (Å²) in [4.78, 5) is 22.1. The van der Waals surface area contributed by atoms with Crippen molar-refractivity contribution in [1.29, 1.82) is 0 Å². The summed E-state index contributed by atoms with van der Waals surface area (Å²) in [6.45, 7) is 3.23. The highest BCUT2D eigenvalue weighted by molar-refractivity contribution is 5.94. The Kier molecular flexibility index (Phi) is 9.14. The number of carbonyl (C=O) groups excluding carboxylic acids is 2. The maximum atomic E-state index is 11.3. The summed E-state index contributed by atoms with van der Waals surface area (Å²) in [6.07, 6.45) is 4.88. The van der Waals surface area contributed by atoms with Gasteiger partial charge in [0.2, 0.25) is 0 Å². The summed E-state index contributed by atoms with van der Waals surface area (Å²) in [5.74, 6) is 0.0149. The first-order chi connectivity index (χ1) is 12.6. The van der Waals surface area contributed by atoms with Crippen LogP contribution in [0.25, 0.3) is 0 Å². The van der Waals surface area contributed by atoms with Crippen molar-refractivity contribution in [3.05, 3.63) is 29.8 Å². The molecule has 0 saturated carbocycles. The van der Waals surface area contributed by atoms with E-state index in [1.165, 1.54) is 18.9 Å². The molecule has 0 bridgehead atoms. The lowest BCUT2D eigenvalue weighted by Crippen LogP contribution is -2.22. The van der Waals surface area contributed by atoms with Gasteiger partial charge in [-0.1, -0.05) is 12.1 Å². The van der Waals surface area contributed by atoms with Gasteiger partial charge in [-0.3, -0.25) is 9.59 Å². The molecule has 1 saturated heterocycles. The molecule has 0 radical (unpaired) electrons. The van der Waals surface area contributed by atoms with Gasteiger partial charge >= 0.3 is 5.97 Å². The molecule has 1 aromatic rings. The number of rotatable bonds is 11. The van der Waals surface area contributed by atoms with Crippen LogP contribution < -0.4 is 4.74 Å². The van der Waals surface area contributed by atoms with Crippen molar-refractivity contribution in [2.45, 2.75) is 51.7 Å². The summed E-state index contributed by atoms with van der Waals surface area (Å²) in [5.41, 5.74) is 1.17. The number of hydrogen-bond donors (Lipinski definition) is 0. The maximum Gasteiger partial charge on any atom is 0.313 e. The van der Waals surface area contributed by atoms with Crippen LogP contribution in [0.4, 0.5) is 0 Å². The molecular weight excluding hydrogens is 336 g/mol. The summed E-state index contributed by atoms with van der Waals surface area (Å²) in [5, 5.41) is 0. The number of Topliss-reactive ketones (excluding diaryl/α,β-unsaturated/α-hetero) is 1. The number of esters is 1.